The van der Waals surface area contributed by atoms with Crippen LogP contribution in [0, 0.1) is 11.3 Å². The van der Waals surface area contributed by atoms with E-state index in [-0.39, 0.29) is 6.61 Å². The molecule has 0 amide bonds. The normalized spacial score (nSPS) is 16.6. The molecule has 0 aromatic heterocycles. The first-order valence-corrected chi connectivity index (χ1v) is 7.48. The molecule has 0 aliphatic carbocycles. The molecule has 1 aromatic rings. The van der Waals surface area contributed by atoms with Crippen molar-refractivity contribution in [3.8, 4) is 11.8 Å². The molecule has 0 atom stereocenters. The summed E-state index contributed by atoms with van der Waals surface area (Å²) >= 11 is 0. The second kappa shape index (κ2) is 8.63. The second-order valence-corrected chi connectivity index (χ2v) is 5.41. The zero-order chi connectivity index (χ0) is 14.9. The third kappa shape index (κ3) is 5.72. The van der Waals surface area contributed by atoms with Crippen molar-refractivity contribution in [3.05, 3.63) is 29.8 Å². The van der Waals surface area contributed by atoms with Crippen molar-refractivity contribution in [2.24, 2.45) is 0 Å². The number of nitriles is 1. The highest BCUT2D eigenvalue weighted by atomic mass is 16.5. The number of ether oxygens (including phenoxy) is 1. The predicted molar refractivity (Wildman–Crippen MR) is 83.2 cm³/mol. The summed E-state index contributed by atoms with van der Waals surface area (Å²) in [5, 5.41) is 11.9. The van der Waals surface area contributed by atoms with Gasteiger partial charge in [-0.1, -0.05) is 12.1 Å². The minimum atomic E-state index is 0.0998. The summed E-state index contributed by atoms with van der Waals surface area (Å²) in [6.07, 6.45) is 0. The lowest BCUT2D eigenvalue weighted by atomic mass is 10.2. The molecule has 114 valence electrons. The number of piperazine rings is 1. The van der Waals surface area contributed by atoms with E-state index in [9.17, 15) is 0 Å². The fraction of sp³-hybridized carbons (Fsp3) is 0.562. The van der Waals surface area contributed by atoms with Gasteiger partial charge in [0.25, 0.3) is 0 Å². The molecular formula is C16H24N4O. The number of likely N-dealkylation sites (N-methyl/N-ethyl adjacent to an activating group) is 1. The summed E-state index contributed by atoms with van der Waals surface area (Å²) in [6, 6.07) is 9.86. The average Bonchev–Trinajstić information content (AvgIpc) is 2.52. The van der Waals surface area contributed by atoms with Gasteiger partial charge < -0.3 is 15.0 Å². The summed E-state index contributed by atoms with van der Waals surface area (Å²) in [5.41, 5.74) is 1.23. The quantitative estimate of drug-likeness (QED) is 0.756. The lowest BCUT2D eigenvalue weighted by Gasteiger charge is -2.32. The Morgan fingerprint density at radius 1 is 1.19 bits per heavy atom. The van der Waals surface area contributed by atoms with Crippen LogP contribution >= 0.6 is 0 Å². The SMILES string of the molecule is CN1CCN(CCNCc2ccc(OCC#N)cc2)CC1. The van der Waals surface area contributed by atoms with Crippen LogP contribution < -0.4 is 10.1 Å². The Kier molecular flexibility index (Phi) is 6.48. The number of benzene rings is 1. The van der Waals surface area contributed by atoms with Crippen LogP contribution in [0.25, 0.3) is 0 Å². The summed E-state index contributed by atoms with van der Waals surface area (Å²) in [4.78, 5) is 4.88. The number of nitrogens with one attached hydrogen (secondary N) is 1. The molecule has 2 rings (SSSR count). The van der Waals surface area contributed by atoms with Crippen LogP contribution in [0.15, 0.2) is 24.3 Å². The van der Waals surface area contributed by atoms with E-state index in [1.54, 1.807) is 0 Å². The highest BCUT2D eigenvalue weighted by molar-refractivity contribution is 5.27. The number of nitrogens with zero attached hydrogens (tertiary/aromatic N) is 3. The summed E-state index contributed by atoms with van der Waals surface area (Å²) in [6.45, 7) is 7.77. The van der Waals surface area contributed by atoms with Gasteiger partial charge in [-0.25, -0.2) is 0 Å². The molecule has 0 unspecified atom stereocenters. The summed E-state index contributed by atoms with van der Waals surface area (Å²) in [5.74, 6) is 0.748. The van der Waals surface area contributed by atoms with Crippen molar-refractivity contribution < 1.29 is 4.74 Å². The molecule has 5 heteroatoms. The van der Waals surface area contributed by atoms with Gasteiger partial charge in [0.1, 0.15) is 11.8 Å². The van der Waals surface area contributed by atoms with Gasteiger partial charge in [0.05, 0.1) is 0 Å². The molecule has 1 saturated heterocycles. The molecule has 0 saturated carbocycles. The minimum Gasteiger partial charge on any atom is -0.479 e. The fourth-order valence-corrected chi connectivity index (χ4v) is 2.36. The van der Waals surface area contributed by atoms with Gasteiger partial charge in [0.2, 0.25) is 0 Å². The van der Waals surface area contributed by atoms with Gasteiger partial charge in [-0.2, -0.15) is 5.26 Å². The largest absolute Gasteiger partial charge is 0.479 e. The maximum Gasteiger partial charge on any atom is 0.174 e. The third-order valence-electron chi connectivity index (χ3n) is 3.76. The summed E-state index contributed by atoms with van der Waals surface area (Å²) in [7, 11) is 2.18. The molecule has 1 aliphatic heterocycles. The smallest absolute Gasteiger partial charge is 0.174 e. The van der Waals surface area contributed by atoms with Crippen LogP contribution in [0.5, 0.6) is 5.75 Å². The topological polar surface area (TPSA) is 51.5 Å². The summed E-state index contributed by atoms with van der Waals surface area (Å²) < 4.78 is 5.23. The van der Waals surface area contributed by atoms with E-state index in [1.165, 1.54) is 31.7 Å². The molecule has 1 heterocycles. The Labute approximate surface area is 127 Å². The number of rotatable bonds is 7. The van der Waals surface area contributed by atoms with E-state index in [2.05, 4.69) is 22.2 Å². The molecule has 1 fully saturated rings. The fourth-order valence-electron chi connectivity index (χ4n) is 2.36. The van der Waals surface area contributed by atoms with Crippen LogP contribution in [-0.2, 0) is 6.54 Å². The molecule has 5 nitrogen and oxygen atoms in total. The molecule has 1 aliphatic rings. The molecule has 21 heavy (non-hydrogen) atoms. The molecule has 0 spiro atoms. The Bertz CT molecular complexity index is 446. The minimum absolute atomic E-state index is 0.0998. The molecule has 0 bridgehead atoms. The first-order valence-electron chi connectivity index (χ1n) is 7.48. The van der Waals surface area contributed by atoms with Crippen LogP contribution in [0.4, 0.5) is 0 Å². The lowest BCUT2D eigenvalue weighted by Crippen LogP contribution is -2.46. The van der Waals surface area contributed by atoms with Crippen LogP contribution in [-0.4, -0.2) is 62.7 Å². The lowest BCUT2D eigenvalue weighted by molar-refractivity contribution is 0.154. The van der Waals surface area contributed by atoms with Crippen molar-refractivity contribution in [2.75, 3.05) is 52.9 Å². The van der Waals surface area contributed by atoms with E-state index in [0.29, 0.717) is 0 Å². The standard InChI is InChI=1S/C16H24N4O/c1-19-9-11-20(12-10-19)8-7-18-14-15-2-4-16(5-3-15)21-13-6-17/h2-5,18H,7-14H2,1H3. The first kappa shape index (κ1) is 15.8. The van der Waals surface area contributed by atoms with Gasteiger partial charge in [-0.05, 0) is 24.7 Å². The van der Waals surface area contributed by atoms with E-state index < -0.39 is 0 Å². The Hall–Kier alpha value is -1.61. The first-order chi connectivity index (χ1) is 10.3. The van der Waals surface area contributed by atoms with Gasteiger partial charge in [-0.3, -0.25) is 4.90 Å². The molecular weight excluding hydrogens is 264 g/mol. The van der Waals surface area contributed by atoms with Gasteiger partial charge >= 0.3 is 0 Å². The molecule has 1 aromatic carbocycles. The van der Waals surface area contributed by atoms with Crippen LogP contribution in [0.2, 0.25) is 0 Å². The van der Waals surface area contributed by atoms with Crippen molar-refractivity contribution in [2.45, 2.75) is 6.54 Å². The second-order valence-electron chi connectivity index (χ2n) is 5.41. The Morgan fingerprint density at radius 3 is 2.57 bits per heavy atom. The zero-order valence-corrected chi connectivity index (χ0v) is 12.7. The van der Waals surface area contributed by atoms with E-state index in [1.807, 2.05) is 30.3 Å². The number of hydrogen-bond donors (Lipinski definition) is 1. The van der Waals surface area contributed by atoms with Gasteiger partial charge in [0.15, 0.2) is 6.61 Å². The maximum absolute atomic E-state index is 8.46. The van der Waals surface area contributed by atoms with Crippen LogP contribution in [0.3, 0.4) is 0 Å². The predicted octanol–water partition coefficient (Wildman–Crippen LogP) is 0.926. The van der Waals surface area contributed by atoms with E-state index >= 15 is 0 Å². The third-order valence-corrected chi connectivity index (χ3v) is 3.76. The van der Waals surface area contributed by atoms with Crippen molar-refractivity contribution in [3.63, 3.8) is 0 Å². The molecule has 0 radical (unpaired) electrons. The Balaban J connectivity index is 1.61. The van der Waals surface area contributed by atoms with Crippen molar-refractivity contribution >= 4 is 0 Å². The highest BCUT2D eigenvalue weighted by Crippen LogP contribution is 2.11. The monoisotopic (exact) mass is 288 g/mol. The average molecular weight is 288 g/mol. The van der Waals surface area contributed by atoms with E-state index in [0.717, 1.165) is 25.4 Å². The number of hydrogen-bond acceptors (Lipinski definition) is 5. The van der Waals surface area contributed by atoms with Crippen molar-refractivity contribution in [1.29, 1.82) is 5.26 Å². The van der Waals surface area contributed by atoms with E-state index in [4.69, 9.17) is 10.00 Å². The van der Waals surface area contributed by atoms with Gasteiger partial charge in [0, 0.05) is 45.8 Å². The Morgan fingerprint density at radius 2 is 1.90 bits per heavy atom. The van der Waals surface area contributed by atoms with Crippen LogP contribution in [0.1, 0.15) is 5.56 Å². The highest BCUT2D eigenvalue weighted by Gasteiger charge is 2.12. The maximum atomic E-state index is 8.46. The zero-order valence-electron chi connectivity index (χ0n) is 12.7. The molecule has 1 N–H and O–H groups in total. The van der Waals surface area contributed by atoms with Crippen molar-refractivity contribution in [1.82, 2.24) is 15.1 Å². The van der Waals surface area contributed by atoms with Gasteiger partial charge in [-0.15, -0.1) is 0 Å².